The standard InChI is InChI=1S/C36H64O5/c1-5-9-13-17-21-25-29-40-41-35-32(28-24-20-16-12-8-4)30(26-22-18-14-10-6-2)31(27-23-19-15-11-7-3)33(34(35)37)36(38)39/h37H,5-29H2,1-4H3,(H,38,39). The fourth-order valence-corrected chi connectivity index (χ4v) is 5.79. The molecule has 5 nitrogen and oxygen atoms in total. The van der Waals surface area contributed by atoms with Crippen molar-refractivity contribution in [1.29, 1.82) is 0 Å². The highest BCUT2D eigenvalue weighted by Gasteiger charge is 2.28. The third kappa shape index (κ3) is 15.3. The van der Waals surface area contributed by atoms with Gasteiger partial charge in [-0.1, -0.05) is 137 Å². The lowest BCUT2D eigenvalue weighted by molar-refractivity contribution is -0.208. The molecule has 1 rings (SSSR count). The van der Waals surface area contributed by atoms with E-state index < -0.39 is 5.97 Å². The van der Waals surface area contributed by atoms with Crippen molar-refractivity contribution in [1.82, 2.24) is 0 Å². The van der Waals surface area contributed by atoms with Crippen LogP contribution in [0.3, 0.4) is 0 Å². The first kappa shape index (κ1) is 37.3. The Morgan fingerprint density at radius 1 is 0.537 bits per heavy atom. The van der Waals surface area contributed by atoms with Crippen LogP contribution in [0.1, 0.15) is 190 Å². The van der Waals surface area contributed by atoms with Crippen molar-refractivity contribution in [3.63, 3.8) is 0 Å². The fraction of sp³-hybridized carbons (Fsp3) is 0.806. The van der Waals surface area contributed by atoms with Crippen LogP contribution in [-0.2, 0) is 24.2 Å². The van der Waals surface area contributed by atoms with Crippen LogP contribution in [0.2, 0.25) is 0 Å². The lowest BCUT2D eigenvalue weighted by Gasteiger charge is -2.23. The molecule has 41 heavy (non-hydrogen) atoms. The highest BCUT2D eigenvalue weighted by atomic mass is 17.2. The van der Waals surface area contributed by atoms with Crippen LogP contribution in [0.25, 0.3) is 0 Å². The minimum absolute atomic E-state index is 0.0250. The molecule has 0 aliphatic heterocycles. The summed E-state index contributed by atoms with van der Waals surface area (Å²) in [6, 6.07) is 0. The molecule has 0 aliphatic rings. The van der Waals surface area contributed by atoms with E-state index in [1.54, 1.807) is 0 Å². The van der Waals surface area contributed by atoms with Crippen LogP contribution in [0.5, 0.6) is 11.5 Å². The van der Waals surface area contributed by atoms with Crippen LogP contribution < -0.4 is 4.89 Å². The zero-order valence-corrected chi connectivity index (χ0v) is 27.3. The number of hydrogen-bond acceptors (Lipinski definition) is 4. The quantitative estimate of drug-likeness (QED) is 0.0589. The molecule has 0 unspecified atom stereocenters. The van der Waals surface area contributed by atoms with Crippen molar-refractivity contribution in [2.24, 2.45) is 0 Å². The molecule has 0 atom stereocenters. The topological polar surface area (TPSA) is 76.0 Å². The second kappa shape index (κ2) is 24.8. The predicted molar refractivity (Wildman–Crippen MR) is 172 cm³/mol. The normalized spacial score (nSPS) is 11.3. The number of unbranched alkanes of at least 4 members (excludes halogenated alkanes) is 17. The van der Waals surface area contributed by atoms with E-state index in [0.29, 0.717) is 13.0 Å². The van der Waals surface area contributed by atoms with E-state index in [9.17, 15) is 15.0 Å². The molecule has 5 heteroatoms. The zero-order chi connectivity index (χ0) is 30.1. The molecule has 0 saturated heterocycles. The summed E-state index contributed by atoms with van der Waals surface area (Å²) in [6.07, 6.45) is 26.2. The van der Waals surface area contributed by atoms with Gasteiger partial charge < -0.3 is 15.1 Å². The van der Waals surface area contributed by atoms with E-state index in [1.807, 2.05) is 0 Å². The van der Waals surface area contributed by atoms with Crippen LogP contribution >= 0.6 is 0 Å². The van der Waals surface area contributed by atoms with Gasteiger partial charge in [0.1, 0.15) is 5.56 Å². The Balaban J connectivity index is 3.30. The summed E-state index contributed by atoms with van der Waals surface area (Å²) in [5, 5.41) is 21.7. The van der Waals surface area contributed by atoms with E-state index in [4.69, 9.17) is 9.78 Å². The van der Waals surface area contributed by atoms with E-state index in [1.165, 1.54) is 77.0 Å². The smallest absolute Gasteiger partial charge is 0.339 e. The molecule has 0 saturated carbocycles. The number of carbonyl (C=O) groups is 1. The molecule has 238 valence electrons. The molecule has 0 spiro atoms. The Hall–Kier alpha value is -1.75. The molecule has 0 aromatic heterocycles. The summed E-state index contributed by atoms with van der Waals surface area (Å²) in [4.78, 5) is 24.1. The number of aromatic hydroxyl groups is 1. The van der Waals surface area contributed by atoms with E-state index in [-0.39, 0.29) is 17.1 Å². The molecule has 0 amide bonds. The maximum absolute atomic E-state index is 12.6. The fourth-order valence-electron chi connectivity index (χ4n) is 5.79. The highest BCUT2D eigenvalue weighted by molar-refractivity contribution is 5.94. The molecule has 2 N–H and O–H groups in total. The van der Waals surface area contributed by atoms with Gasteiger partial charge in [0, 0.05) is 5.56 Å². The molecule has 1 aromatic carbocycles. The zero-order valence-electron chi connectivity index (χ0n) is 27.3. The molecular weight excluding hydrogens is 512 g/mol. The number of carboxylic acids is 1. The molecular formula is C36H64O5. The second-order valence-electron chi connectivity index (χ2n) is 12.0. The SMILES string of the molecule is CCCCCCCCOOc1c(O)c(C(=O)O)c(CCCCCCC)c(CCCCCCC)c1CCCCCCC. The Morgan fingerprint density at radius 3 is 1.39 bits per heavy atom. The number of benzene rings is 1. The summed E-state index contributed by atoms with van der Waals surface area (Å²) in [5.41, 5.74) is 2.93. The monoisotopic (exact) mass is 576 g/mol. The van der Waals surface area contributed by atoms with Crippen LogP contribution in [0.15, 0.2) is 0 Å². The molecule has 0 aliphatic carbocycles. The van der Waals surface area contributed by atoms with Crippen molar-refractivity contribution in [2.45, 2.75) is 182 Å². The van der Waals surface area contributed by atoms with Crippen molar-refractivity contribution in [3.05, 3.63) is 22.3 Å². The largest absolute Gasteiger partial charge is 0.504 e. The first-order valence-electron chi connectivity index (χ1n) is 17.4. The van der Waals surface area contributed by atoms with E-state index >= 15 is 0 Å². The average Bonchev–Trinajstić information content (AvgIpc) is 2.95. The van der Waals surface area contributed by atoms with Gasteiger partial charge in [-0.25, -0.2) is 4.79 Å². The Labute approximate surface area is 252 Å². The number of phenols is 1. The number of carboxylic acid groups (broad SMARTS) is 1. The average molecular weight is 577 g/mol. The second-order valence-corrected chi connectivity index (χ2v) is 12.0. The van der Waals surface area contributed by atoms with Gasteiger partial charge in [-0.15, -0.1) is 0 Å². The molecule has 0 bridgehead atoms. The van der Waals surface area contributed by atoms with Crippen molar-refractivity contribution in [2.75, 3.05) is 6.61 Å². The molecule has 1 aromatic rings. The number of hydrogen-bond donors (Lipinski definition) is 2. The maximum Gasteiger partial charge on any atom is 0.339 e. The van der Waals surface area contributed by atoms with Crippen LogP contribution in [-0.4, -0.2) is 22.8 Å². The number of rotatable bonds is 28. The van der Waals surface area contributed by atoms with Gasteiger partial charge in [0.15, 0.2) is 5.75 Å². The third-order valence-electron chi connectivity index (χ3n) is 8.28. The van der Waals surface area contributed by atoms with Crippen molar-refractivity contribution < 1.29 is 24.8 Å². The first-order chi connectivity index (χ1) is 20.0. The molecule has 0 radical (unpaired) electrons. The van der Waals surface area contributed by atoms with Gasteiger partial charge in [0.05, 0.1) is 6.61 Å². The van der Waals surface area contributed by atoms with Crippen LogP contribution in [0, 0.1) is 0 Å². The van der Waals surface area contributed by atoms with Gasteiger partial charge in [-0.3, -0.25) is 0 Å². The van der Waals surface area contributed by atoms with E-state index in [0.717, 1.165) is 87.3 Å². The highest BCUT2D eigenvalue weighted by Crippen LogP contribution is 2.42. The number of aromatic carboxylic acids is 1. The van der Waals surface area contributed by atoms with Gasteiger partial charge in [0.2, 0.25) is 5.75 Å². The van der Waals surface area contributed by atoms with Gasteiger partial charge >= 0.3 is 5.97 Å². The van der Waals surface area contributed by atoms with Crippen molar-refractivity contribution in [3.8, 4) is 11.5 Å². The van der Waals surface area contributed by atoms with Crippen molar-refractivity contribution >= 4 is 5.97 Å². The third-order valence-corrected chi connectivity index (χ3v) is 8.28. The molecule has 0 heterocycles. The lowest BCUT2D eigenvalue weighted by Crippen LogP contribution is -2.14. The molecule has 0 fully saturated rings. The Bertz CT molecular complexity index is 804. The Morgan fingerprint density at radius 2 is 0.927 bits per heavy atom. The lowest BCUT2D eigenvalue weighted by atomic mass is 9.85. The first-order valence-corrected chi connectivity index (χ1v) is 17.4. The van der Waals surface area contributed by atoms with E-state index in [2.05, 4.69) is 27.7 Å². The van der Waals surface area contributed by atoms with Gasteiger partial charge in [0.25, 0.3) is 0 Å². The maximum atomic E-state index is 12.6. The van der Waals surface area contributed by atoms with Gasteiger partial charge in [-0.2, -0.15) is 4.89 Å². The summed E-state index contributed by atoms with van der Waals surface area (Å²) < 4.78 is 0. The minimum Gasteiger partial charge on any atom is -0.504 e. The minimum atomic E-state index is -1.08. The Kier molecular flexibility index (Phi) is 22.6. The predicted octanol–water partition coefficient (Wildman–Crippen LogP) is 11.3. The van der Waals surface area contributed by atoms with Crippen LogP contribution in [0.4, 0.5) is 0 Å². The summed E-state index contributed by atoms with van der Waals surface area (Å²) in [5.74, 6) is -1.07. The van der Waals surface area contributed by atoms with Gasteiger partial charge in [-0.05, 0) is 56.1 Å². The summed E-state index contributed by atoms with van der Waals surface area (Å²) in [6.45, 7) is 9.31. The summed E-state index contributed by atoms with van der Waals surface area (Å²) in [7, 11) is 0. The summed E-state index contributed by atoms with van der Waals surface area (Å²) >= 11 is 0.